The van der Waals surface area contributed by atoms with Crippen molar-refractivity contribution in [3.63, 3.8) is 0 Å². The number of aliphatic hydroxyl groups is 1. The van der Waals surface area contributed by atoms with Gasteiger partial charge in [-0.2, -0.15) is 13.2 Å². The Hall–Kier alpha value is -3.74. The summed E-state index contributed by atoms with van der Waals surface area (Å²) in [5, 5.41) is 9.95. The molecule has 1 aliphatic rings. The molecule has 0 saturated heterocycles. The van der Waals surface area contributed by atoms with Crippen LogP contribution >= 0.6 is 0 Å². The summed E-state index contributed by atoms with van der Waals surface area (Å²) in [6.07, 6.45) is -9.25. The molecule has 2 atom stereocenters. The van der Waals surface area contributed by atoms with Crippen LogP contribution in [0.3, 0.4) is 0 Å². The number of β-amino-alcohol motifs (C(OH)–C–C–N with tert-alkyl or cyclic N) is 1. The van der Waals surface area contributed by atoms with Gasteiger partial charge in [-0.15, -0.1) is 13.2 Å². The molecule has 0 saturated carbocycles. The molecule has 204 valence electrons. The molecule has 1 N–H and O–H groups in total. The van der Waals surface area contributed by atoms with E-state index in [0.29, 0.717) is 28.5 Å². The Morgan fingerprint density at radius 1 is 1.00 bits per heavy atom. The van der Waals surface area contributed by atoms with Crippen LogP contribution < -0.4 is 19.4 Å². The molecule has 0 amide bonds. The van der Waals surface area contributed by atoms with Crippen LogP contribution in [0.2, 0.25) is 0 Å². The summed E-state index contributed by atoms with van der Waals surface area (Å²) in [4.78, 5) is 13.6. The second-order valence-corrected chi connectivity index (χ2v) is 9.00. The molecule has 0 spiro atoms. The monoisotopic (exact) mass is 541 g/mol. The maximum Gasteiger partial charge on any atom is 0.573 e. The smallest absolute Gasteiger partial charge is 0.406 e. The van der Waals surface area contributed by atoms with Crippen molar-refractivity contribution in [2.45, 2.75) is 31.2 Å². The maximum atomic E-state index is 13.4. The molecule has 3 aromatic rings. The third kappa shape index (κ3) is 6.39. The first kappa shape index (κ1) is 27.3. The van der Waals surface area contributed by atoms with Crippen LogP contribution in [0.25, 0.3) is 0 Å². The number of aromatic nitrogens is 2. The number of fused-ring (bicyclic) bond motifs is 1. The fourth-order valence-corrected chi connectivity index (χ4v) is 4.29. The van der Waals surface area contributed by atoms with Crippen LogP contribution in [0.5, 0.6) is 5.75 Å². The van der Waals surface area contributed by atoms with Crippen molar-refractivity contribution < 1.29 is 36.2 Å². The van der Waals surface area contributed by atoms with E-state index >= 15 is 0 Å². The predicted molar refractivity (Wildman–Crippen MR) is 129 cm³/mol. The maximum absolute atomic E-state index is 13.4. The fraction of sp³-hybridized carbons (Fsp3) is 0.360. The highest BCUT2D eigenvalue weighted by Gasteiger charge is 2.42. The van der Waals surface area contributed by atoms with E-state index < -0.39 is 31.2 Å². The minimum atomic E-state index is -4.85. The van der Waals surface area contributed by atoms with Gasteiger partial charge < -0.3 is 24.5 Å². The number of para-hydroxylation sites is 2. The summed E-state index contributed by atoms with van der Waals surface area (Å²) in [7, 11) is 3.49. The molecule has 13 heteroatoms. The molecular weight excluding hydrogens is 516 g/mol. The molecule has 1 aliphatic heterocycles. The van der Waals surface area contributed by atoms with Crippen LogP contribution in [-0.4, -0.2) is 60.9 Å². The van der Waals surface area contributed by atoms with Gasteiger partial charge >= 0.3 is 12.5 Å². The summed E-state index contributed by atoms with van der Waals surface area (Å²) >= 11 is 0. The Labute approximate surface area is 214 Å². The van der Waals surface area contributed by atoms with Crippen molar-refractivity contribution >= 4 is 17.3 Å². The number of rotatable bonds is 7. The highest BCUT2D eigenvalue weighted by atomic mass is 19.4. The van der Waals surface area contributed by atoms with Crippen LogP contribution in [0, 0.1) is 0 Å². The highest BCUT2D eigenvalue weighted by molar-refractivity contribution is 5.74. The van der Waals surface area contributed by atoms with Gasteiger partial charge in [0.1, 0.15) is 5.75 Å². The quantitative estimate of drug-likeness (QED) is 0.426. The average molecular weight is 541 g/mol. The number of nitrogens with zero attached hydrogens (tertiary/aromatic N) is 5. The van der Waals surface area contributed by atoms with Gasteiger partial charge in [0.25, 0.3) is 0 Å². The van der Waals surface area contributed by atoms with E-state index in [1.54, 1.807) is 49.3 Å². The van der Waals surface area contributed by atoms with E-state index in [2.05, 4.69) is 14.7 Å². The first-order valence-corrected chi connectivity index (χ1v) is 11.5. The molecule has 38 heavy (non-hydrogen) atoms. The molecule has 0 bridgehead atoms. The van der Waals surface area contributed by atoms with Gasteiger partial charge in [0.05, 0.1) is 24.0 Å². The molecule has 0 aliphatic carbocycles. The molecule has 2 aromatic carbocycles. The molecule has 2 heterocycles. The zero-order valence-electron chi connectivity index (χ0n) is 20.4. The standard InChI is InChI=1S/C25H25F6N5O2/c1-34(2)23-32-11-17(12-33-23)21-14-35(13-16-6-5-7-18(10-16)38-25(29,30)31)19-8-3-4-9-20(19)36(21)15-22(37)24(26,27)28/h3-12,21-22,37H,13-15H2,1-2H3. The van der Waals surface area contributed by atoms with Gasteiger partial charge in [-0.25, -0.2) is 9.97 Å². The normalized spacial score (nSPS) is 16.7. The Balaban J connectivity index is 1.72. The number of anilines is 3. The second kappa shape index (κ2) is 10.6. The minimum absolute atomic E-state index is 0.148. The Kier molecular flexibility index (Phi) is 7.58. The zero-order chi connectivity index (χ0) is 27.7. The second-order valence-electron chi connectivity index (χ2n) is 9.00. The first-order valence-electron chi connectivity index (χ1n) is 11.5. The van der Waals surface area contributed by atoms with E-state index in [1.807, 2.05) is 4.90 Å². The number of ether oxygens (including phenoxy) is 1. The molecule has 1 aromatic heterocycles. The molecule has 7 nitrogen and oxygen atoms in total. The van der Waals surface area contributed by atoms with E-state index in [4.69, 9.17) is 0 Å². The highest BCUT2D eigenvalue weighted by Crippen LogP contribution is 2.42. The van der Waals surface area contributed by atoms with E-state index in [9.17, 15) is 31.4 Å². The number of halogens is 6. The third-order valence-electron chi connectivity index (χ3n) is 6.00. The van der Waals surface area contributed by atoms with Gasteiger partial charge in [0.15, 0.2) is 6.10 Å². The van der Waals surface area contributed by atoms with Gasteiger partial charge in [0, 0.05) is 45.1 Å². The SMILES string of the molecule is CN(C)c1ncc(C2CN(Cc3cccc(OC(F)(F)F)c3)c3ccccc3N2CC(O)C(F)(F)F)cn1. The molecule has 2 unspecified atom stereocenters. The lowest BCUT2D eigenvalue weighted by Gasteiger charge is -2.45. The minimum Gasteiger partial charge on any atom is -0.406 e. The summed E-state index contributed by atoms with van der Waals surface area (Å²) in [6.45, 7) is -0.436. The Morgan fingerprint density at radius 2 is 1.66 bits per heavy atom. The first-order chi connectivity index (χ1) is 17.8. The number of aliphatic hydroxyl groups excluding tert-OH is 1. The van der Waals surface area contributed by atoms with Crippen LogP contribution in [-0.2, 0) is 6.54 Å². The molecule has 4 rings (SSSR count). The summed E-state index contributed by atoms with van der Waals surface area (Å²) in [5.74, 6) is 0.0321. The predicted octanol–water partition coefficient (Wildman–Crippen LogP) is 4.93. The van der Waals surface area contributed by atoms with Crippen molar-refractivity contribution in [1.82, 2.24) is 9.97 Å². The van der Waals surface area contributed by atoms with Crippen molar-refractivity contribution in [3.8, 4) is 5.75 Å². The molecule has 0 fully saturated rings. The van der Waals surface area contributed by atoms with E-state index in [0.717, 1.165) is 0 Å². The van der Waals surface area contributed by atoms with Gasteiger partial charge in [-0.05, 0) is 29.8 Å². The zero-order valence-corrected chi connectivity index (χ0v) is 20.4. The summed E-state index contributed by atoms with van der Waals surface area (Å²) in [5.41, 5.74) is 2.00. The van der Waals surface area contributed by atoms with Gasteiger partial charge in [-0.1, -0.05) is 24.3 Å². The van der Waals surface area contributed by atoms with E-state index in [1.165, 1.54) is 35.5 Å². The Bertz CT molecular complexity index is 1240. The van der Waals surface area contributed by atoms with Crippen molar-refractivity contribution in [2.24, 2.45) is 0 Å². The van der Waals surface area contributed by atoms with Crippen molar-refractivity contribution in [3.05, 3.63) is 72.1 Å². The number of alkyl halides is 6. The topological polar surface area (TPSA) is 65.0 Å². The lowest BCUT2D eigenvalue weighted by Crippen LogP contribution is -2.49. The lowest BCUT2D eigenvalue weighted by molar-refractivity contribution is -0.274. The van der Waals surface area contributed by atoms with Gasteiger partial charge in [-0.3, -0.25) is 0 Å². The van der Waals surface area contributed by atoms with Gasteiger partial charge in [0.2, 0.25) is 5.95 Å². The van der Waals surface area contributed by atoms with Crippen molar-refractivity contribution in [1.29, 1.82) is 0 Å². The van der Waals surface area contributed by atoms with E-state index in [-0.39, 0.29) is 18.8 Å². The Morgan fingerprint density at radius 3 is 2.26 bits per heavy atom. The summed E-state index contributed by atoms with van der Waals surface area (Å²) < 4.78 is 82.3. The molecule has 0 radical (unpaired) electrons. The lowest BCUT2D eigenvalue weighted by atomic mass is 10.00. The van der Waals surface area contributed by atoms with Crippen LogP contribution in [0.1, 0.15) is 17.2 Å². The van der Waals surface area contributed by atoms with Crippen LogP contribution in [0.4, 0.5) is 43.7 Å². The fourth-order valence-electron chi connectivity index (χ4n) is 4.29. The molecular formula is C25H25F6N5O2. The largest absolute Gasteiger partial charge is 0.573 e. The van der Waals surface area contributed by atoms with Crippen LogP contribution in [0.15, 0.2) is 60.9 Å². The number of hydrogen-bond donors (Lipinski definition) is 1. The average Bonchev–Trinajstić information content (AvgIpc) is 2.84. The third-order valence-corrected chi connectivity index (χ3v) is 6.00. The van der Waals surface area contributed by atoms with Crippen molar-refractivity contribution in [2.75, 3.05) is 41.9 Å². The number of benzene rings is 2. The summed E-state index contributed by atoms with van der Waals surface area (Å²) in [6, 6.07) is 11.5. The number of hydrogen-bond acceptors (Lipinski definition) is 7.